The van der Waals surface area contributed by atoms with E-state index in [4.69, 9.17) is 4.74 Å². The van der Waals surface area contributed by atoms with Gasteiger partial charge in [0.1, 0.15) is 11.6 Å². The van der Waals surface area contributed by atoms with Gasteiger partial charge in [-0.3, -0.25) is 0 Å². The van der Waals surface area contributed by atoms with Crippen LogP contribution in [0.25, 0.3) is 0 Å². The van der Waals surface area contributed by atoms with E-state index in [1.807, 2.05) is 0 Å². The van der Waals surface area contributed by atoms with Crippen LogP contribution < -0.4 is 5.32 Å². The molecule has 0 amide bonds. The number of esters is 1. The molecule has 0 saturated carbocycles. The van der Waals surface area contributed by atoms with E-state index in [9.17, 15) is 14.3 Å². The lowest BCUT2D eigenvalue weighted by Gasteiger charge is -2.29. The number of carbonyl (C=O) groups excluding carboxylic acids is 1. The van der Waals surface area contributed by atoms with Crippen molar-refractivity contribution in [3.63, 3.8) is 0 Å². The van der Waals surface area contributed by atoms with Gasteiger partial charge in [0.25, 0.3) is 0 Å². The Kier molecular flexibility index (Phi) is 4.12. The minimum Gasteiger partial charge on any atom is -0.508 e. The van der Waals surface area contributed by atoms with Crippen LogP contribution in [0.1, 0.15) is 12.5 Å². The van der Waals surface area contributed by atoms with Gasteiger partial charge in [-0.15, -0.1) is 0 Å². The van der Waals surface area contributed by atoms with Gasteiger partial charge in [0, 0.05) is 0 Å². The van der Waals surface area contributed by atoms with E-state index in [2.05, 4.69) is 5.32 Å². The van der Waals surface area contributed by atoms with Gasteiger partial charge in [0.05, 0.1) is 12.8 Å². The molecule has 4 nitrogen and oxygen atoms in total. The summed E-state index contributed by atoms with van der Waals surface area (Å²) < 4.78 is 18.6. The number of ether oxygens (including phenoxy) is 1. The number of halogens is 1. The highest BCUT2D eigenvalue weighted by Crippen LogP contribution is 2.29. The maximum Gasteiger partial charge on any atom is 0.335 e. The molecule has 0 heterocycles. The Morgan fingerprint density at radius 3 is 2.38 bits per heavy atom. The zero-order chi connectivity index (χ0) is 15.5. The second-order valence-corrected chi connectivity index (χ2v) is 4.77. The van der Waals surface area contributed by atoms with Crippen molar-refractivity contribution >= 4 is 11.7 Å². The number of rotatable bonds is 4. The molecule has 0 aliphatic heterocycles. The van der Waals surface area contributed by atoms with Crippen LogP contribution >= 0.6 is 0 Å². The fraction of sp³-hybridized carbons (Fsp3) is 0.188. The maximum atomic E-state index is 13.8. The molecule has 0 aliphatic rings. The van der Waals surface area contributed by atoms with Crippen molar-refractivity contribution in [3.8, 4) is 5.75 Å². The number of benzene rings is 2. The lowest BCUT2D eigenvalue weighted by atomic mass is 9.91. The third kappa shape index (κ3) is 2.97. The molecule has 0 bridgehead atoms. The van der Waals surface area contributed by atoms with E-state index in [0.717, 1.165) is 0 Å². The number of phenols is 1. The van der Waals surface area contributed by atoms with E-state index in [0.29, 0.717) is 5.56 Å². The van der Waals surface area contributed by atoms with Gasteiger partial charge < -0.3 is 15.2 Å². The van der Waals surface area contributed by atoms with E-state index >= 15 is 0 Å². The third-order valence-electron chi connectivity index (χ3n) is 3.30. The van der Waals surface area contributed by atoms with E-state index in [1.165, 1.54) is 31.4 Å². The van der Waals surface area contributed by atoms with Crippen molar-refractivity contribution in [1.82, 2.24) is 0 Å². The van der Waals surface area contributed by atoms with Crippen LogP contribution in [0.15, 0.2) is 48.5 Å². The maximum absolute atomic E-state index is 13.8. The summed E-state index contributed by atoms with van der Waals surface area (Å²) in [6.45, 7) is 1.59. The Labute approximate surface area is 122 Å². The Morgan fingerprint density at radius 2 is 1.81 bits per heavy atom. The molecule has 0 fully saturated rings. The summed E-state index contributed by atoms with van der Waals surface area (Å²) in [5, 5.41) is 12.2. The highest BCUT2D eigenvalue weighted by Gasteiger charge is 2.37. The summed E-state index contributed by atoms with van der Waals surface area (Å²) in [7, 11) is 1.27. The number of anilines is 1. The van der Waals surface area contributed by atoms with Gasteiger partial charge in [-0.25, -0.2) is 9.18 Å². The minimum atomic E-state index is -1.27. The summed E-state index contributed by atoms with van der Waals surface area (Å²) in [4.78, 5) is 12.2. The zero-order valence-electron chi connectivity index (χ0n) is 11.8. The topological polar surface area (TPSA) is 58.6 Å². The first-order chi connectivity index (χ1) is 9.97. The first-order valence-corrected chi connectivity index (χ1v) is 6.38. The molecule has 0 aromatic heterocycles. The fourth-order valence-electron chi connectivity index (χ4n) is 2.07. The normalized spacial score (nSPS) is 13.3. The predicted molar refractivity (Wildman–Crippen MR) is 77.5 cm³/mol. The minimum absolute atomic E-state index is 0.0804. The van der Waals surface area contributed by atoms with Crippen molar-refractivity contribution in [2.75, 3.05) is 12.4 Å². The Bertz CT molecular complexity index is 642. The molecule has 1 atom stereocenters. The van der Waals surface area contributed by atoms with Crippen molar-refractivity contribution in [2.24, 2.45) is 0 Å². The molecule has 21 heavy (non-hydrogen) atoms. The average Bonchev–Trinajstić information content (AvgIpc) is 2.49. The van der Waals surface area contributed by atoms with Crippen molar-refractivity contribution < 1.29 is 19.0 Å². The van der Waals surface area contributed by atoms with Crippen molar-refractivity contribution in [3.05, 3.63) is 59.9 Å². The van der Waals surface area contributed by atoms with E-state index in [-0.39, 0.29) is 11.4 Å². The first-order valence-electron chi connectivity index (χ1n) is 6.38. The molecule has 0 saturated heterocycles. The summed E-state index contributed by atoms with van der Waals surface area (Å²) in [5.41, 5.74) is -0.529. The molecule has 2 aromatic carbocycles. The van der Waals surface area contributed by atoms with Gasteiger partial charge in [-0.05, 0) is 36.8 Å². The number of nitrogens with one attached hydrogen (secondary N) is 1. The van der Waals surface area contributed by atoms with Crippen molar-refractivity contribution in [1.29, 1.82) is 0 Å². The predicted octanol–water partition coefficient (Wildman–Crippen LogP) is 3.03. The van der Waals surface area contributed by atoms with Crippen LogP contribution in [0, 0.1) is 5.82 Å². The number of carbonyl (C=O) groups is 1. The molecule has 1 unspecified atom stereocenters. The molecule has 2 N–H and O–H groups in total. The SMILES string of the molecule is COC(=O)C(C)(Nc1ccccc1F)c1ccc(O)cc1. The first kappa shape index (κ1) is 14.8. The molecule has 0 aliphatic carbocycles. The fourth-order valence-corrected chi connectivity index (χ4v) is 2.07. The molecular weight excluding hydrogens is 273 g/mol. The van der Waals surface area contributed by atoms with Crippen LogP contribution in [-0.4, -0.2) is 18.2 Å². The molecule has 2 rings (SSSR count). The summed E-state index contributed by atoms with van der Waals surface area (Å²) in [5.74, 6) is -0.945. The standard InChI is InChI=1S/C16H16FNO3/c1-16(15(20)21-2,11-7-9-12(19)10-8-11)18-14-6-4-3-5-13(14)17/h3-10,18-19H,1-2H3. The Balaban J connectivity index is 2.45. The molecule has 2 aromatic rings. The van der Waals surface area contributed by atoms with Gasteiger partial charge in [0.15, 0.2) is 5.54 Å². The number of phenolic OH excluding ortho intramolecular Hbond substituents is 1. The Hall–Kier alpha value is -2.56. The molecular formula is C16H16FNO3. The molecule has 0 radical (unpaired) electrons. The van der Waals surface area contributed by atoms with Crippen LogP contribution in [0.4, 0.5) is 10.1 Å². The second kappa shape index (κ2) is 5.83. The lowest BCUT2D eigenvalue weighted by molar-refractivity contribution is -0.145. The monoisotopic (exact) mass is 289 g/mol. The van der Waals surface area contributed by atoms with E-state index < -0.39 is 17.3 Å². The number of hydrogen-bond acceptors (Lipinski definition) is 4. The van der Waals surface area contributed by atoms with Gasteiger partial charge >= 0.3 is 5.97 Å². The average molecular weight is 289 g/mol. The summed E-state index contributed by atoms with van der Waals surface area (Å²) in [6.07, 6.45) is 0. The van der Waals surface area contributed by atoms with Crippen molar-refractivity contribution in [2.45, 2.75) is 12.5 Å². The number of methoxy groups -OCH3 is 1. The lowest BCUT2D eigenvalue weighted by Crippen LogP contribution is -2.41. The Morgan fingerprint density at radius 1 is 1.19 bits per heavy atom. The van der Waals surface area contributed by atoms with Crippen LogP contribution in [0.5, 0.6) is 5.75 Å². The van der Waals surface area contributed by atoms with Gasteiger partial charge in [-0.1, -0.05) is 24.3 Å². The highest BCUT2D eigenvalue weighted by atomic mass is 19.1. The molecule has 110 valence electrons. The van der Waals surface area contributed by atoms with Crippen LogP contribution in [0.3, 0.4) is 0 Å². The number of aromatic hydroxyl groups is 1. The van der Waals surface area contributed by atoms with Crippen LogP contribution in [-0.2, 0) is 15.1 Å². The summed E-state index contributed by atoms with van der Waals surface area (Å²) in [6, 6.07) is 12.2. The van der Waals surface area contributed by atoms with Gasteiger partial charge in [-0.2, -0.15) is 0 Å². The van der Waals surface area contributed by atoms with E-state index in [1.54, 1.807) is 31.2 Å². The smallest absolute Gasteiger partial charge is 0.335 e. The third-order valence-corrected chi connectivity index (χ3v) is 3.30. The largest absolute Gasteiger partial charge is 0.508 e. The molecule has 0 spiro atoms. The highest BCUT2D eigenvalue weighted by molar-refractivity contribution is 5.85. The number of hydrogen-bond donors (Lipinski definition) is 2. The second-order valence-electron chi connectivity index (χ2n) is 4.77. The summed E-state index contributed by atoms with van der Waals surface area (Å²) >= 11 is 0. The number of para-hydroxylation sites is 1. The van der Waals surface area contributed by atoms with Gasteiger partial charge in [0.2, 0.25) is 0 Å². The van der Waals surface area contributed by atoms with Crippen LogP contribution in [0.2, 0.25) is 0 Å². The molecule has 5 heteroatoms. The zero-order valence-corrected chi connectivity index (χ0v) is 11.8. The quantitative estimate of drug-likeness (QED) is 0.849.